The van der Waals surface area contributed by atoms with Gasteiger partial charge in [-0.05, 0) is 39.5 Å². The van der Waals surface area contributed by atoms with Crippen molar-refractivity contribution < 1.29 is 0 Å². The van der Waals surface area contributed by atoms with E-state index >= 15 is 0 Å². The summed E-state index contributed by atoms with van der Waals surface area (Å²) in [6.07, 6.45) is 5.03. The lowest BCUT2D eigenvalue weighted by atomic mass is 10.4. The van der Waals surface area contributed by atoms with Crippen LogP contribution in [0, 0.1) is 0 Å². The van der Waals surface area contributed by atoms with E-state index in [0.29, 0.717) is 17.9 Å². The van der Waals surface area contributed by atoms with Crippen molar-refractivity contribution in [1.29, 1.82) is 0 Å². The molecule has 22 heavy (non-hydrogen) atoms. The lowest BCUT2D eigenvalue weighted by Crippen LogP contribution is -2.08. The van der Waals surface area contributed by atoms with Gasteiger partial charge in [-0.15, -0.1) is 20.4 Å². The fraction of sp³-hybridized carbons (Fsp3) is 0.714. The first-order chi connectivity index (χ1) is 10.6. The van der Waals surface area contributed by atoms with Crippen molar-refractivity contribution in [1.82, 2.24) is 29.5 Å². The number of nitrogens with zero attached hydrogens (tertiary/aromatic N) is 6. The molecule has 0 unspecified atom stereocenters. The molecule has 0 atom stereocenters. The molecule has 8 heteroatoms. The molecule has 0 radical (unpaired) electrons. The van der Waals surface area contributed by atoms with Crippen molar-refractivity contribution in [2.75, 3.05) is 5.73 Å². The van der Waals surface area contributed by atoms with Crippen LogP contribution in [0.4, 0.5) is 5.95 Å². The third-order valence-electron chi connectivity index (χ3n) is 4.18. The van der Waals surface area contributed by atoms with Gasteiger partial charge in [0.2, 0.25) is 5.95 Å². The van der Waals surface area contributed by atoms with Crippen LogP contribution in [-0.4, -0.2) is 29.5 Å². The highest BCUT2D eigenvalue weighted by Gasteiger charge is 2.36. The van der Waals surface area contributed by atoms with Crippen LogP contribution in [0.3, 0.4) is 0 Å². The topological polar surface area (TPSA) is 87.4 Å². The fourth-order valence-corrected chi connectivity index (χ4v) is 3.78. The molecule has 2 aromatic heterocycles. The van der Waals surface area contributed by atoms with Gasteiger partial charge in [-0.3, -0.25) is 4.57 Å². The smallest absolute Gasteiger partial charge is 0.222 e. The minimum atomic E-state index is 0.251. The maximum atomic E-state index is 5.89. The Kier molecular flexibility index (Phi) is 3.36. The van der Waals surface area contributed by atoms with E-state index in [-0.39, 0.29) is 6.04 Å². The second-order valence-electron chi connectivity index (χ2n) is 6.44. The van der Waals surface area contributed by atoms with Crippen molar-refractivity contribution in [3.05, 3.63) is 11.6 Å². The second kappa shape index (κ2) is 5.26. The van der Waals surface area contributed by atoms with Gasteiger partial charge in [0.25, 0.3) is 0 Å². The molecule has 2 aliphatic carbocycles. The molecule has 7 nitrogen and oxygen atoms in total. The van der Waals surface area contributed by atoms with Crippen LogP contribution in [-0.2, 0) is 5.75 Å². The zero-order valence-corrected chi connectivity index (χ0v) is 13.8. The molecule has 2 fully saturated rings. The van der Waals surface area contributed by atoms with Crippen LogP contribution < -0.4 is 5.73 Å². The van der Waals surface area contributed by atoms with Crippen LogP contribution in [0.25, 0.3) is 0 Å². The number of thioether (sulfide) groups is 1. The summed E-state index contributed by atoms with van der Waals surface area (Å²) in [5.74, 6) is 4.14. The first-order valence-corrected chi connectivity index (χ1v) is 8.90. The number of nitrogens with two attached hydrogens (primary N) is 1. The second-order valence-corrected chi connectivity index (χ2v) is 7.39. The van der Waals surface area contributed by atoms with Gasteiger partial charge in [0.05, 0.1) is 5.75 Å². The molecule has 4 rings (SSSR count). The van der Waals surface area contributed by atoms with Crippen molar-refractivity contribution in [3.63, 3.8) is 0 Å². The van der Waals surface area contributed by atoms with Gasteiger partial charge < -0.3 is 10.3 Å². The van der Waals surface area contributed by atoms with Gasteiger partial charge in [0.1, 0.15) is 11.6 Å². The van der Waals surface area contributed by atoms with Crippen molar-refractivity contribution >= 4 is 17.7 Å². The number of hydrogen-bond donors (Lipinski definition) is 1. The van der Waals surface area contributed by atoms with Crippen molar-refractivity contribution in [2.24, 2.45) is 0 Å². The molecule has 0 amide bonds. The van der Waals surface area contributed by atoms with Crippen LogP contribution in [0.2, 0.25) is 0 Å². The average molecular weight is 319 g/mol. The third-order valence-corrected chi connectivity index (χ3v) is 5.12. The van der Waals surface area contributed by atoms with Gasteiger partial charge in [0, 0.05) is 18.0 Å². The molecular weight excluding hydrogens is 298 g/mol. The first-order valence-electron chi connectivity index (χ1n) is 7.92. The Labute approximate surface area is 133 Å². The summed E-state index contributed by atoms with van der Waals surface area (Å²) < 4.78 is 4.34. The third kappa shape index (κ3) is 2.49. The fourth-order valence-electron chi connectivity index (χ4n) is 2.79. The molecule has 2 saturated carbocycles. The molecule has 118 valence electrons. The highest BCUT2D eigenvalue weighted by atomic mass is 32.2. The summed E-state index contributed by atoms with van der Waals surface area (Å²) in [6, 6.07) is 0.870. The Morgan fingerprint density at radius 1 is 1.14 bits per heavy atom. The molecule has 2 N–H and O–H groups in total. The predicted octanol–water partition coefficient (Wildman–Crippen LogP) is 2.54. The Hall–Kier alpha value is -1.57. The largest absolute Gasteiger partial charge is 0.368 e. The zero-order chi connectivity index (χ0) is 15.3. The minimum absolute atomic E-state index is 0.251. The molecule has 0 spiro atoms. The van der Waals surface area contributed by atoms with Gasteiger partial charge in [0.15, 0.2) is 5.16 Å². The maximum Gasteiger partial charge on any atom is 0.222 e. The number of nitrogen functional groups attached to an aromatic ring is 1. The van der Waals surface area contributed by atoms with E-state index < -0.39 is 0 Å². The molecule has 0 aliphatic heterocycles. The average Bonchev–Trinajstić information content (AvgIpc) is 3.40. The lowest BCUT2D eigenvalue weighted by molar-refractivity contribution is 0.556. The van der Waals surface area contributed by atoms with Crippen molar-refractivity contribution in [2.45, 2.75) is 68.4 Å². The maximum absolute atomic E-state index is 5.89. The molecule has 0 aromatic carbocycles. The van der Waals surface area contributed by atoms with E-state index in [2.05, 4.69) is 38.8 Å². The Bertz CT molecular complexity index is 681. The monoisotopic (exact) mass is 319 g/mol. The van der Waals surface area contributed by atoms with E-state index in [1.807, 2.05) is 4.57 Å². The number of anilines is 1. The summed E-state index contributed by atoms with van der Waals surface area (Å²) in [5, 5.41) is 17.9. The van der Waals surface area contributed by atoms with Crippen LogP contribution >= 0.6 is 11.8 Å². The number of rotatable bonds is 6. The Morgan fingerprint density at radius 2 is 1.91 bits per heavy atom. The Balaban J connectivity index is 1.55. The lowest BCUT2D eigenvalue weighted by Gasteiger charge is -2.12. The molecular formula is C14H21N7S. The molecule has 0 saturated heterocycles. The summed E-state index contributed by atoms with van der Waals surface area (Å²) in [5.41, 5.74) is 5.89. The highest BCUT2D eigenvalue weighted by Crippen LogP contribution is 2.45. The summed E-state index contributed by atoms with van der Waals surface area (Å²) in [6.45, 7) is 4.17. The first kappa shape index (κ1) is 14.0. The minimum Gasteiger partial charge on any atom is -0.368 e. The Morgan fingerprint density at radius 3 is 2.55 bits per heavy atom. The van der Waals surface area contributed by atoms with E-state index in [9.17, 15) is 0 Å². The van der Waals surface area contributed by atoms with Crippen LogP contribution in [0.1, 0.15) is 69.2 Å². The van der Waals surface area contributed by atoms with Crippen LogP contribution in [0.15, 0.2) is 5.16 Å². The zero-order valence-electron chi connectivity index (χ0n) is 12.9. The molecule has 2 aliphatic rings. The van der Waals surface area contributed by atoms with E-state index in [4.69, 9.17) is 5.73 Å². The standard InChI is InChI=1S/C14H21N7S/c1-8(2)20-13(15)18-19-14(20)22-7-11-16-17-12(9-3-4-9)21(11)10-5-6-10/h8-10H,3-7H2,1-2H3,(H2,15,18). The van der Waals surface area contributed by atoms with E-state index in [1.54, 1.807) is 11.8 Å². The van der Waals surface area contributed by atoms with Gasteiger partial charge in [-0.2, -0.15) is 0 Å². The van der Waals surface area contributed by atoms with E-state index in [0.717, 1.165) is 16.7 Å². The summed E-state index contributed by atoms with van der Waals surface area (Å²) >= 11 is 1.64. The SMILES string of the molecule is CC(C)n1c(N)nnc1SCc1nnc(C2CC2)n1C1CC1. The molecule has 2 heterocycles. The van der Waals surface area contributed by atoms with E-state index in [1.165, 1.54) is 31.5 Å². The highest BCUT2D eigenvalue weighted by molar-refractivity contribution is 7.98. The summed E-state index contributed by atoms with van der Waals surface area (Å²) in [4.78, 5) is 0. The molecule has 2 aromatic rings. The van der Waals surface area contributed by atoms with Gasteiger partial charge >= 0.3 is 0 Å². The number of hydrogen-bond acceptors (Lipinski definition) is 6. The normalized spacial score (nSPS) is 18.3. The summed E-state index contributed by atoms with van der Waals surface area (Å²) in [7, 11) is 0. The van der Waals surface area contributed by atoms with Crippen LogP contribution in [0.5, 0.6) is 0 Å². The molecule has 0 bridgehead atoms. The number of aromatic nitrogens is 6. The quantitative estimate of drug-likeness (QED) is 0.823. The van der Waals surface area contributed by atoms with Gasteiger partial charge in [-0.1, -0.05) is 11.8 Å². The predicted molar refractivity (Wildman–Crippen MR) is 84.6 cm³/mol. The van der Waals surface area contributed by atoms with Gasteiger partial charge in [-0.25, -0.2) is 0 Å². The van der Waals surface area contributed by atoms with Crippen molar-refractivity contribution in [3.8, 4) is 0 Å².